The van der Waals surface area contributed by atoms with E-state index in [4.69, 9.17) is 9.47 Å². The second-order valence-electron chi connectivity index (χ2n) is 10.3. The average molecular weight is 424 g/mol. The van der Waals surface area contributed by atoms with E-state index in [1.54, 1.807) is 4.90 Å². The van der Waals surface area contributed by atoms with E-state index in [0.717, 1.165) is 12.8 Å². The number of amides is 1. The predicted molar refractivity (Wildman–Crippen MR) is 127 cm³/mol. The second-order valence-corrected chi connectivity index (χ2v) is 10.3. The number of ether oxygens (including phenoxy) is 2. The van der Waals surface area contributed by atoms with E-state index in [1.165, 1.54) is 70.6 Å². The first-order valence-electron chi connectivity index (χ1n) is 12.5. The van der Waals surface area contributed by atoms with Gasteiger partial charge in [0, 0.05) is 0 Å². The summed E-state index contributed by atoms with van der Waals surface area (Å²) in [5.74, 6) is 0. The van der Waals surface area contributed by atoms with E-state index < -0.39 is 11.3 Å². The first kappa shape index (κ1) is 27.0. The third-order valence-corrected chi connectivity index (χ3v) is 5.71. The molecule has 0 aromatic rings. The standard InChI is InChI=1S/C26H49NO3/c1-7-8-9-10-11-12-13-14-15-16-17-18-19-20-21-23-22-29-26(5,6)27(23)24(28)30-25(2,3)4/h19-20,23H,7-18,21-22H2,1-6H3/b20-19-/t23-/m0/s1. The van der Waals surface area contributed by atoms with Crippen LogP contribution in [0.25, 0.3) is 0 Å². The summed E-state index contributed by atoms with van der Waals surface area (Å²) in [6, 6.07) is 0.0448. The van der Waals surface area contributed by atoms with E-state index in [-0.39, 0.29) is 12.1 Å². The van der Waals surface area contributed by atoms with Crippen molar-refractivity contribution in [2.75, 3.05) is 6.61 Å². The molecule has 0 saturated carbocycles. The monoisotopic (exact) mass is 423 g/mol. The highest BCUT2D eigenvalue weighted by atomic mass is 16.6. The Hall–Kier alpha value is -1.03. The Bertz CT molecular complexity index is 493. The van der Waals surface area contributed by atoms with Crippen molar-refractivity contribution in [1.29, 1.82) is 0 Å². The van der Waals surface area contributed by atoms with E-state index >= 15 is 0 Å². The molecule has 1 fully saturated rings. The molecule has 1 aliphatic rings. The van der Waals surface area contributed by atoms with Gasteiger partial charge in [-0.3, -0.25) is 4.90 Å². The fourth-order valence-corrected chi connectivity index (χ4v) is 4.03. The van der Waals surface area contributed by atoms with Crippen LogP contribution in [0.3, 0.4) is 0 Å². The van der Waals surface area contributed by atoms with Crippen LogP contribution in [0.15, 0.2) is 12.2 Å². The minimum absolute atomic E-state index is 0.0448. The summed E-state index contributed by atoms with van der Waals surface area (Å²) < 4.78 is 11.5. The quantitative estimate of drug-likeness (QED) is 0.210. The molecule has 1 saturated heterocycles. The molecular weight excluding hydrogens is 374 g/mol. The van der Waals surface area contributed by atoms with Crippen LogP contribution in [0.4, 0.5) is 4.79 Å². The summed E-state index contributed by atoms with van der Waals surface area (Å²) in [6.45, 7) is 12.4. The van der Waals surface area contributed by atoms with Gasteiger partial charge < -0.3 is 9.47 Å². The summed E-state index contributed by atoms with van der Waals surface area (Å²) in [5, 5.41) is 0. The first-order chi connectivity index (χ1) is 14.2. The van der Waals surface area contributed by atoms with Gasteiger partial charge in [-0.25, -0.2) is 4.79 Å². The van der Waals surface area contributed by atoms with Crippen molar-refractivity contribution >= 4 is 6.09 Å². The van der Waals surface area contributed by atoms with Gasteiger partial charge in [0.25, 0.3) is 0 Å². The molecule has 0 bridgehead atoms. The molecule has 0 spiro atoms. The molecular formula is C26H49NO3. The van der Waals surface area contributed by atoms with Crippen LogP contribution in [0.2, 0.25) is 0 Å². The van der Waals surface area contributed by atoms with Crippen LogP contribution >= 0.6 is 0 Å². The van der Waals surface area contributed by atoms with E-state index in [1.807, 2.05) is 34.6 Å². The topological polar surface area (TPSA) is 38.8 Å². The lowest BCUT2D eigenvalue weighted by Crippen LogP contribution is -2.49. The molecule has 0 aromatic carbocycles. The molecule has 30 heavy (non-hydrogen) atoms. The van der Waals surface area contributed by atoms with Crippen molar-refractivity contribution in [3.8, 4) is 0 Å². The Balaban J connectivity index is 2.16. The number of allylic oxidation sites excluding steroid dienone is 1. The normalized spacial score (nSPS) is 19.0. The molecule has 0 unspecified atom stereocenters. The zero-order valence-corrected chi connectivity index (χ0v) is 20.8. The number of carbonyl (C=O) groups is 1. The molecule has 1 amide bonds. The van der Waals surface area contributed by atoms with Gasteiger partial charge in [-0.2, -0.15) is 0 Å². The van der Waals surface area contributed by atoms with Crippen molar-refractivity contribution in [1.82, 2.24) is 4.90 Å². The lowest BCUT2D eigenvalue weighted by molar-refractivity contribution is -0.0623. The highest BCUT2D eigenvalue weighted by Crippen LogP contribution is 2.31. The number of hydrogen-bond acceptors (Lipinski definition) is 3. The van der Waals surface area contributed by atoms with Crippen molar-refractivity contribution in [2.45, 2.75) is 142 Å². The maximum atomic E-state index is 12.6. The number of carbonyl (C=O) groups excluding carboxylic acids is 1. The molecule has 1 rings (SSSR count). The van der Waals surface area contributed by atoms with Gasteiger partial charge in [0.15, 0.2) is 0 Å². The minimum Gasteiger partial charge on any atom is -0.444 e. The number of rotatable bonds is 14. The fraction of sp³-hybridized carbons (Fsp3) is 0.885. The highest BCUT2D eigenvalue weighted by Gasteiger charge is 2.45. The zero-order chi connectivity index (χ0) is 22.5. The maximum absolute atomic E-state index is 12.6. The molecule has 1 atom stereocenters. The summed E-state index contributed by atoms with van der Waals surface area (Å²) >= 11 is 0. The third kappa shape index (κ3) is 11.4. The molecule has 0 aromatic heterocycles. The molecule has 0 N–H and O–H groups in total. The van der Waals surface area contributed by atoms with Crippen LogP contribution in [-0.4, -0.2) is 35.0 Å². The third-order valence-electron chi connectivity index (χ3n) is 5.71. The van der Waals surface area contributed by atoms with Crippen molar-refractivity contribution in [3.63, 3.8) is 0 Å². The van der Waals surface area contributed by atoms with E-state index in [9.17, 15) is 4.79 Å². The Kier molecular flexibility index (Phi) is 12.7. The van der Waals surface area contributed by atoms with Crippen molar-refractivity contribution in [2.24, 2.45) is 0 Å². The Morgan fingerprint density at radius 3 is 2.03 bits per heavy atom. The zero-order valence-electron chi connectivity index (χ0n) is 20.8. The van der Waals surface area contributed by atoms with Crippen LogP contribution < -0.4 is 0 Å². The van der Waals surface area contributed by atoms with Crippen LogP contribution in [0.5, 0.6) is 0 Å². The number of nitrogens with zero attached hydrogens (tertiary/aromatic N) is 1. The van der Waals surface area contributed by atoms with E-state index in [2.05, 4.69) is 19.1 Å². The average Bonchev–Trinajstić information content (AvgIpc) is 2.95. The van der Waals surface area contributed by atoms with Gasteiger partial charge in [0.1, 0.15) is 11.3 Å². The molecule has 176 valence electrons. The van der Waals surface area contributed by atoms with Gasteiger partial charge in [-0.05, 0) is 53.9 Å². The predicted octanol–water partition coefficient (Wildman–Crippen LogP) is 8.01. The minimum atomic E-state index is -0.614. The summed E-state index contributed by atoms with van der Waals surface area (Å²) in [4.78, 5) is 14.4. The van der Waals surface area contributed by atoms with Crippen molar-refractivity contribution in [3.05, 3.63) is 12.2 Å². The fourth-order valence-electron chi connectivity index (χ4n) is 4.03. The molecule has 1 aliphatic heterocycles. The molecule has 1 heterocycles. The Labute approximate surface area is 186 Å². The molecule has 4 heteroatoms. The van der Waals surface area contributed by atoms with Crippen LogP contribution in [0, 0.1) is 0 Å². The maximum Gasteiger partial charge on any atom is 0.412 e. The summed E-state index contributed by atoms with van der Waals surface area (Å²) in [5.41, 5.74) is -1.11. The lowest BCUT2D eigenvalue weighted by Gasteiger charge is -2.34. The molecule has 4 nitrogen and oxygen atoms in total. The van der Waals surface area contributed by atoms with Crippen LogP contribution in [0.1, 0.15) is 125 Å². The highest BCUT2D eigenvalue weighted by molar-refractivity contribution is 5.69. The van der Waals surface area contributed by atoms with Gasteiger partial charge in [0.2, 0.25) is 0 Å². The summed E-state index contributed by atoms with van der Waals surface area (Å²) in [7, 11) is 0. The van der Waals surface area contributed by atoms with Gasteiger partial charge in [-0.15, -0.1) is 0 Å². The lowest BCUT2D eigenvalue weighted by atomic mass is 10.0. The van der Waals surface area contributed by atoms with Crippen molar-refractivity contribution < 1.29 is 14.3 Å². The largest absolute Gasteiger partial charge is 0.444 e. The van der Waals surface area contributed by atoms with E-state index in [0.29, 0.717) is 6.61 Å². The summed E-state index contributed by atoms with van der Waals surface area (Å²) in [6.07, 6.45) is 21.3. The smallest absolute Gasteiger partial charge is 0.412 e. The molecule has 0 aliphatic carbocycles. The number of unbranched alkanes of at least 4 members (excludes halogenated alkanes) is 11. The number of hydrogen-bond donors (Lipinski definition) is 0. The van der Waals surface area contributed by atoms with Crippen LogP contribution in [-0.2, 0) is 9.47 Å². The second kappa shape index (κ2) is 14.1. The molecule has 0 radical (unpaired) electrons. The van der Waals surface area contributed by atoms with Gasteiger partial charge in [0.05, 0.1) is 12.6 Å². The Morgan fingerprint density at radius 2 is 1.50 bits per heavy atom. The van der Waals surface area contributed by atoms with Gasteiger partial charge in [-0.1, -0.05) is 83.3 Å². The SMILES string of the molecule is CCCCCCCCCCCCC/C=C\C[C@H]1COC(C)(C)N1C(=O)OC(C)(C)C. The van der Waals surface area contributed by atoms with Gasteiger partial charge >= 0.3 is 6.09 Å². The Morgan fingerprint density at radius 1 is 0.967 bits per heavy atom. The first-order valence-corrected chi connectivity index (χ1v) is 12.5.